The molecule has 1 aliphatic rings. The molecule has 3 unspecified atom stereocenters. The maximum atomic E-state index is 13.3. The SMILES string of the molecule is C1CCCCC1.CCC(C)(C)C.CCCCN(C(=O)CNC(=O)Cc1cccc(OCCCOC)c1)C(C)C(=O)NC(CCC)C(=O)C(=O)NCC(=O)NC(C=O)c1ccccc1. The molecule has 0 bridgehead atoms. The standard InChI is InChI=1S/C37H51N5O9.C6H12.C6H14/c1-5-7-18-42(34(46)24-38-32(44)22-27-14-11-17-29(21-27)51-20-12-19-50-4)26(3)36(48)41-30(13-6-2)35(47)37(49)39-23-33(45)40-31(25-43)28-15-9-8-10-16-28;1-2-4-6-5-3-1;1-5-6(2,3)4/h8-11,14-17,21,25-26,30-31H,5-7,12-13,18-20,22-24H2,1-4H3,(H,38,44)(H,39,49)(H,40,45)(H,41,48);1-6H2;5H2,1-4H3. The fourth-order valence-electron chi connectivity index (χ4n) is 6.06. The Morgan fingerprint density at radius 2 is 1.41 bits per heavy atom. The van der Waals surface area contributed by atoms with E-state index in [1.807, 2.05) is 6.92 Å². The lowest BCUT2D eigenvalue weighted by atomic mass is 9.94. The lowest BCUT2D eigenvalue weighted by Crippen LogP contribution is -2.55. The third-order valence-corrected chi connectivity index (χ3v) is 10.4. The number of aldehydes is 1. The molecule has 14 heteroatoms. The van der Waals surface area contributed by atoms with Crippen LogP contribution >= 0.6 is 0 Å². The van der Waals surface area contributed by atoms with Crippen LogP contribution in [-0.2, 0) is 44.7 Å². The molecule has 2 aromatic rings. The van der Waals surface area contributed by atoms with E-state index in [9.17, 15) is 33.6 Å². The molecule has 0 radical (unpaired) electrons. The summed E-state index contributed by atoms with van der Waals surface area (Å²) in [7, 11) is 1.62. The van der Waals surface area contributed by atoms with Gasteiger partial charge in [-0.15, -0.1) is 0 Å². The van der Waals surface area contributed by atoms with Crippen molar-refractivity contribution in [1.82, 2.24) is 26.2 Å². The van der Waals surface area contributed by atoms with Crippen LogP contribution in [0.25, 0.3) is 0 Å². The molecule has 352 valence electrons. The third-order valence-electron chi connectivity index (χ3n) is 10.4. The molecular weight excluding hydrogens is 803 g/mol. The van der Waals surface area contributed by atoms with Crippen molar-refractivity contribution in [2.24, 2.45) is 5.41 Å². The van der Waals surface area contributed by atoms with E-state index in [0.717, 1.165) is 12.8 Å². The highest BCUT2D eigenvalue weighted by Crippen LogP contribution is 2.17. The second-order valence-electron chi connectivity index (χ2n) is 16.9. The molecule has 3 rings (SSSR count). The Hall–Kier alpha value is -5.11. The molecule has 0 spiro atoms. The van der Waals surface area contributed by atoms with Crippen molar-refractivity contribution in [1.29, 1.82) is 0 Å². The number of hydrogen-bond acceptors (Lipinski definition) is 9. The number of benzene rings is 2. The summed E-state index contributed by atoms with van der Waals surface area (Å²) < 4.78 is 10.7. The summed E-state index contributed by atoms with van der Waals surface area (Å²) in [6, 6.07) is 12.5. The second kappa shape index (κ2) is 32.5. The minimum atomic E-state index is -1.21. The number of ketones is 1. The molecule has 3 atom stereocenters. The van der Waals surface area contributed by atoms with Crippen molar-refractivity contribution in [3.05, 3.63) is 65.7 Å². The van der Waals surface area contributed by atoms with Gasteiger partial charge in [0.05, 0.1) is 32.2 Å². The fourth-order valence-corrected chi connectivity index (χ4v) is 6.06. The first-order valence-corrected chi connectivity index (χ1v) is 22.8. The Bertz CT molecular complexity index is 1650. The number of ether oxygens (including phenoxy) is 2. The van der Waals surface area contributed by atoms with E-state index in [1.165, 1.54) is 56.8 Å². The Kier molecular flexibility index (Phi) is 28.9. The first-order valence-electron chi connectivity index (χ1n) is 22.8. The van der Waals surface area contributed by atoms with Gasteiger partial charge in [0.2, 0.25) is 29.4 Å². The van der Waals surface area contributed by atoms with Crippen LogP contribution < -0.4 is 26.0 Å². The maximum absolute atomic E-state index is 13.3. The highest BCUT2D eigenvalue weighted by atomic mass is 16.5. The number of amides is 5. The largest absolute Gasteiger partial charge is 0.493 e. The average Bonchev–Trinajstić information content (AvgIpc) is 3.28. The zero-order valence-corrected chi connectivity index (χ0v) is 39.4. The van der Waals surface area contributed by atoms with E-state index in [4.69, 9.17) is 9.47 Å². The summed E-state index contributed by atoms with van der Waals surface area (Å²) in [5, 5.41) is 9.95. The Balaban J connectivity index is 0.00000143. The number of carbonyl (C=O) groups is 7. The Labute approximate surface area is 376 Å². The fraction of sp³-hybridized carbons (Fsp3) is 0.612. The van der Waals surface area contributed by atoms with Crippen molar-refractivity contribution in [2.75, 3.05) is 40.0 Å². The number of Topliss-reactive ketones (excluding diaryl/α,β-unsaturated/α-hetero) is 1. The van der Waals surface area contributed by atoms with Gasteiger partial charge >= 0.3 is 0 Å². The maximum Gasteiger partial charge on any atom is 0.290 e. The predicted molar refractivity (Wildman–Crippen MR) is 247 cm³/mol. The van der Waals surface area contributed by atoms with Crippen molar-refractivity contribution in [3.63, 3.8) is 0 Å². The van der Waals surface area contributed by atoms with Gasteiger partial charge in [-0.25, -0.2) is 0 Å². The van der Waals surface area contributed by atoms with Crippen LogP contribution in [0.4, 0.5) is 0 Å². The lowest BCUT2D eigenvalue weighted by molar-refractivity contribution is -0.143. The Morgan fingerprint density at radius 3 is 1.97 bits per heavy atom. The summed E-state index contributed by atoms with van der Waals surface area (Å²) in [4.78, 5) is 90.4. The van der Waals surface area contributed by atoms with Crippen molar-refractivity contribution < 1.29 is 43.0 Å². The van der Waals surface area contributed by atoms with Crippen LogP contribution in [0.1, 0.15) is 143 Å². The lowest BCUT2D eigenvalue weighted by Gasteiger charge is -2.30. The summed E-state index contributed by atoms with van der Waals surface area (Å²) >= 11 is 0. The molecule has 2 aromatic carbocycles. The summed E-state index contributed by atoms with van der Waals surface area (Å²) in [6.07, 6.45) is 13.5. The molecule has 1 saturated carbocycles. The van der Waals surface area contributed by atoms with E-state index < -0.39 is 54.1 Å². The van der Waals surface area contributed by atoms with Gasteiger partial charge < -0.3 is 40.4 Å². The molecule has 4 N–H and O–H groups in total. The first-order chi connectivity index (χ1) is 30.1. The first kappa shape index (κ1) is 55.9. The minimum absolute atomic E-state index is 0.0166. The van der Waals surface area contributed by atoms with Gasteiger partial charge in [-0.1, -0.05) is 142 Å². The second-order valence-corrected chi connectivity index (χ2v) is 16.9. The van der Waals surface area contributed by atoms with E-state index in [0.29, 0.717) is 54.6 Å². The van der Waals surface area contributed by atoms with E-state index >= 15 is 0 Å². The topological polar surface area (TPSA) is 189 Å². The number of methoxy groups -OCH3 is 1. The van der Waals surface area contributed by atoms with Gasteiger partial charge in [0, 0.05) is 26.7 Å². The molecule has 1 aliphatic carbocycles. The number of hydrogen-bond donors (Lipinski definition) is 4. The third kappa shape index (κ3) is 24.9. The van der Waals surface area contributed by atoms with Gasteiger partial charge in [-0.3, -0.25) is 28.8 Å². The minimum Gasteiger partial charge on any atom is -0.493 e. The quantitative estimate of drug-likeness (QED) is 0.0513. The number of carbonyl (C=O) groups excluding carboxylic acids is 7. The smallest absolute Gasteiger partial charge is 0.290 e. The summed E-state index contributed by atoms with van der Waals surface area (Å²) in [5.41, 5.74) is 1.80. The van der Waals surface area contributed by atoms with Crippen LogP contribution in [0.15, 0.2) is 54.6 Å². The van der Waals surface area contributed by atoms with Crippen LogP contribution in [-0.4, -0.2) is 98.5 Å². The van der Waals surface area contributed by atoms with Crippen LogP contribution in [0.5, 0.6) is 5.75 Å². The van der Waals surface area contributed by atoms with Crippen molar-refractivity contribution in [2.45, 2.75) is 150 Å². The summed E-state index contributed by atoms with van der Waals surface area (Å²) in [5.74, 6) is -3.62. The van der Waals surface area contributed by atoms with Crippen LogP contribution in [0.2, 0.25) is 0 Å². The van der Waals surface area contributed by atoms with E-state index in [1.54, 1.807) is 68.6 Å². The zero-order valence-electron chi connectivity index (χ0n) is 39.4. The van der Waals surface area contributed by atoms with Gasteiger partial charge in [-0.2, -0.15) is 0 Å². The molecule has 5 amide bonds. The molecule has 0 aromatic heterocycles. The number of nitrogens with one attached hydrogen (secondary N) is 4. The molecule has 0 saturated heterocycles. The molecule has 14 nitrogen and oxygen atoms in total. The van der Waals surface area contributed by atoms with Crippen LogP contribution in [0, 0.1) is 5.41 Å². The van der Waals surface area contributed by atoms with Crippen molar-refractivity contribution in [3.8, 4) is 5.75 Å². The zero-order chi connectivity index (χ0) is 47.0. The molecular formula is C49H77N5O9. The van der Waals surface area contributed by atoms with Gasteiger partial charge in [0.15, 0.2) is 0 Å². The highest BCUT2D eigenvalue weighted by molar-refractivity contribution is 6.38. The van der Waals surface area contributed by atoms with Gasteiger partial charge in [0.25, 0.3) is 5.91 Å². The Morgan fingerprint density at radius 1 is 0.778 bits per heavy atom. The predicted octanol–water partition coefficient (Wildman–Crippen LogP) is 6.59. The molecule has 1 fully saturated rings. The molecule has 0 aliphatic heterocycles. The summed E-state index contributed by atoms with van der Waals surface area (Å²) in [6.45, 7) is 14.5. The van der Waals surface area contributed by atoms with Crippen LogP contribution in [0.3, 0.4) is 0 Å². The average molecular weight is 880 g/mol. The van der Waals surface area contributed by atoms with Gasteiger partial charge in [-0.05, 0) is 48.4 Å². The molecule has 63 heavy (non-hydrogen) atoms. The van der Waals surface area contributed by atoms with Gasteiger partial charge in [0.1, 0.15) is 24.1 Å². The molecule has 0 heterocycles. The normalized spacial score (nSPS) is 13.5. The van der Waals surface area contributed by atoms with E-state index in [2.05, 4.69) is 49.0 Å². The monoisotopic (exact) mass is 880 g/mol. The van der Waals surface area contributed by atoms with Crippen molar-refractivity contribution >= 4 is 41.6 Å². The van der Waals surface area contributed by atoms with E-state index in [-0.39, 0.29) is 31.8 Å². The number of nitrogens with zero attached hydrogens (tertiary/aromatic N) is 1. The number of rotatable bonds is 24. The number of unbranched alkanes of at least 4 members (excludes halogenated alkanes) is 1. The highest BCUT2D eigenvalue weighted by Gasteiger charge is 2.31.